The molecule has 0 radical (unpaired) electrons. The van der Waals surface area contributed by atoms with Crippen molar-refractivity contribution < 1.29 is 23.4 Å². The number of hydrogen-bond acceptors (Lipinski definition) is 6. The summed E-state index contributed by atoms with van der Waals surface area (Å²) in [5.74, 6) is 3.07. The van der Waals surface area contributed by atoms with Crippen LogP contribution in [0.4, 0.5) is 0 Å². The minimum Gasteiger partial charge on any atom is -0.539 e. The van der Waals surface area contributed by atoms with Crippen LogP contribution < -0.4 is 18.6 Å². The van der Waals surface area contributed by atoms with Crippen molar-refractivity contribution >= 4 is 14.2 Å². The van der Waals surface area contributed by atoms with Crippen molar-refractivity contribution in [3.8, 4) is 23.0 Å². The van der Waals surface area contributed by atoms with Gasteiger partial charge in [0.1, 0.15) is 17.9 Å². The Labute approximate surface area is 175 Å². The van der Waals surface area contributed by atoms with E-state index in [4.69, 9.17) is 28.4 Å². The Hall–Kier alpha value is -1.89. The van der Waals surface area contributed by atoms with Crippen LogP contribution in [0.15, 0.2) is 11.1 Å². The van der Waals surface area contributed by atoms with E-state index in [9.17, 15) is 0 Å². The van der Waals surface area contributed by atoms with E-state index in [1.54, 1.807) is 7.11 Å². The molecule has 1 aromatic rings. The summed E-state index contributed by atoms with van der Waals surface area (Å²) < 4.78 is 30.4. The lowest BCUT2D eigenvalue weighted by atomic mass is 10.1. The molecule has 0 aliphatic carbocycles. The standard InChI is InChI=1S/C22H35NO5Si/c1-13(2)29(14(3)4,15(5)6)28-20-18(21-23-22(7,8)11-25-21)16(24-9)10-17-19(20)27-12-26-17/h10,13-15H,11-12H2,1-9H3. The first kappa shape index (κ1) is 21.8. The smallest absolute Gasteiger partial charge is 0.258 e. The molecule has 0 aromatic heterocycles. The average molecular weight is 422 g/mol. The maximum Gasteiger partial charge on any atom is 0.258 e. The molecule has 0 fully saturated rings. The Bertz CT molecular complexity index is 779. The van der Waals surface area contributed by atoms with Crippen molar-refractivity contribution in [2.24, 2.45) is 4.99 Å². The van der Waals surface area contributed by atoms with Gasteiger partial charge in [-0.05, 0) is 30.5 Å². The van der Waals surface area contributed by atoms with Crippen molar-refractivity contribution in [3.05, 3.63) is 11.6 Å². The number of nitrogens with zero attached hydrogens (tertiary/aromatic N) is 1. The molecule has 0 spiro atoms. The van der Waals surface area contributed by atoms with Crippen LogP contribution in [0, 0.1) is 0 Å². The van der Waals surface area contributed by atoms with Gasteiger partial charge in [-0.2, -0.15) is 0 Å². The summed E-state index contributed by atoms with van der Waals surface area (Å²) in [5.41, 5.74) is 1.64. The van der Waals surface area contributed by atoms with E-state index in [2.05, 4.69) is 55.4 Å². The topological polar surface area (TPSA) is 58.5 Å². The van der Waals surface area contributed by atoms with Gasteiger partial charge in [-0.15, -0.1) is 0 Å². The Morgan fingerprint density at radius 2 is 1.62 bits per heavy atom. The number of rotatable bonds is 7. The van der Waals surface area contributed by atoms with Gasteiger partial charge in [0.2, 0.25) is 18.4 Å². The lowest BCUT2D eigenvalue weighted by molar-refractivity contribution is 0.172. The number of ether oxygens (including phenoxy) is 4. The third-order valence-corrected chi connectivity index (χ3v) is 11.9. The summed E-state index contributed by atoms with van der Waals surface area (Å²) in [7, 11) is -0.624. The highest BCUT2D eigenvalue weighted by Gasteiger charge is 2.49. The fourth-order valence-corrected chi connectivity index (χ4v) is 9.95. The average Bonchev–Trinajstić information content (AvgIpc) is 3.23. The highest BCUT2D eigenvalue weighted by Crippen LogP contribution is 2.53. The lowest BCUT2D eigenvalue weighted by Crippen LogP contribution is -2.51. The van der Waals surface area contributed by atoms with Crippen LogP contribution in [0.2, 0.25) is 16.6 Å². The van der Waals surface area contributed by atoms with Gasteiger partial charge in [0.05, 0.1) is 12.6 Å². The van der Waals surface area contributed by atoms with Crippen molar-refractivity contribution in [2.75, 3.05) is 20.5 Å². The molecule has 162 valence electrons. The first-order valence-electron chi connectivity index (χ1n) is 10.5. The van der Waals surface area contributed by atoms with Crippen LogP contribution in [-0.4, -0.2) is 40.3 Å². The predicted molar refractivity (Wildman–Crippen MR) is 117 cm³/mol. The molecule has 6 nitrogen and oxygen atoms in total. The van der Waals surface area contributed by atoms with Crippen molar-refractivity contribution in [3.63, 3.8) is 0 Å². The van der Waals surface area contributed by atoms with Crippen LogP contribution in [-0.2, 0) is 4.74 Å². The lowest BCUT2D eigenvalue weighted by Gasteiger charge is -2.42. The Morgan fingerprint density at radius 1 is 1.00 bits per heavy atom. The molecule has 0 bridgehead atoms. The summed E-state index contributed by atoms with van der Waals surface area (Å²) in [4.78, 5) is 4.80. The molecule has 0 N–H and O–H groups in total. The van der Waals surface area contributed by atoms with Gasteiger partial charge in [0, 0.05) is 6.07 Å². The monoisotopic (exact) mass is 421 g/mol. The summed E-state index contributed by atoms with van der Waals surface area (Å²) >= 11 is 0. The highest BCUT2D eigenvalue weighted by molar-refractivity contribution is 6.78. The fraction of sp³-hybridized carbons (Fsp3) is 0.682. The maximum atomic E-state index is 7.08. The quantitative estimate of drug-likeness (QED) is 0.542. The van der Waals surface area contributed by atoms with Gasteiger partial charge < -0.3 is 23.4 Å². The Balaban J connectivity index is 2.26. The van der Waals surface area contributed by atoms with Crippen LogP contribution in [0.25, 0.3) is 0 Å². The van der Waals surface area contributed by atoms with Crippen LogP contribution in [0.1, 0.15) is 61.0 Å². The molecular weight excluding hydrogens is 386 g/mol. The molecule has 2 aliphatic heterocycles. The van der Waals surface area contributed by atoms with Gasteiger partial charge in [-0.1, -0.05) is 41.5 Å². The minimum absolute atomic E-state index is 0.163. The minimum atomic E-state index is -2.27. The Kier molecular flexibility index (Phi) is 5.82. The third kappa shape index (κ3) is 3.69. The van der Waals surface area contributed by atoms with Crippen molar-refractivity contribution in [1.82, 2.24) is 0 Å². The van der Waals surface area contributed by atoms with Gasteiger partial charge in [-0.25, -0.2) is 4.99 Å². The first-order chi connectivity index (χ1) is 13.5. The predicted octanol–water partition coefficient (Wildman–Crippen LogP) is 5.53. The van der Waals surface area contributed by atoms with Crippen LogP contribution in [0.3, 0.4) is 0 Å². The highest BCUT2D eigenvalue weighted by atomic mass is 28.4. The van der Waals surface area contributed by atoms with Crippen LogP contribution >= 0.6 is 0 Å². The molecule has 3 rings (SSSR count). The number of fused-ring (bicyclic) bond motifs is 1. The zero-order valence-corrected chi connectivity index (χ0v) is 20.2. The Morgan fingerprint density at radius 3 is 2.10 bits per heavy atom. The second kappa shape index (κ2) is 7.74. The number of aliphatic imine (C=N–C) groups is 1. The molecule has 2 aliphatic rings. The van der Waals surface area contributed by atoms with E-state index >= 15 is 0 Å². The van der Waals surface area contributed by atoms with E-state index in [0.717, 1.165) is 5.56 Å². The van der Waals surface area contributed by atoms with Gasteiger partial charge in [0.25, 0.3) is 8.32 Å². The van der Waals surface area contributed by atoms with Crippen molar-refractivity contribution in [1.29, 1.82) is 0 Å². The van der Waals surface area contributed by atoms with E-state index in [1.165, 1.54) is 0 Å². The van der Waals surface area contributed by atoms with E-state index in [1.807, 2.05) is 6.07 Å². The summed E-state index contributed by atoms with van der Waals surface area (Å²) in [6, 6.07) is 1.84. The second-order valence-electron chi connectivity index (χ2n) is 9.45. The normalized spacial score (nSPS) is 17.7. The van der Waals surface area contributed by atoms with E-state index < -0.39 is 8.32 Å². The molecule has 2 heterocycles. The summed E-state index contributed by atoms with van der Waals surface area (Å²) in [6.45, 7) is 18.3. The largest absolute Gasteiger partial charge is 0.539 e. The molecule has 0 unspecified atom stereocenters. The number of methoxy groups -OCH3 is 1. The molecule has 0 saturated heterocycles. The maximum absolute atomic E-state index is 7.08. The van der Waals surface area contributed by atoms with Gasteiger partial charge in [0.15, 0.2) is 11.5 Å². The van der Waals surface area contributed by atoms with E-state index in [0.29, 0.717) is 52.1 Å². The third-order valence-electron chi connectivity index (χ3n) is 5.97. The van der Waals surface area contributed by atoms with Crippen LogP contribution in [0.5, 0.6) is 23.0 Å². The van der Waals surface area contributed by atoms with Gasteiger partial charge >= 0.3 is 0 Å². The van der Waals surface area contributed by atoms with Gasteiger partial charge in [-0.3, -0.25) is 0 Å². The molecule has 29 heavy (non-hydrogen) atoms. The fourth-order valence-electron chi connectivity index (χ4n) is 4.69. The molecular formula is C22H35NO5Si. The molecule has 0 amide bonds. The van der Waals surface area contributed by atoms with Crippen molar-refractivity contribution in [2.45, 2.75) is 77.6 Å². The molecule has 1 aromatic carbocycles. The molecule has 7 heteroatoms. The number of hydrogen-bond donors (Lipinski definition) is 0. The molecule has 0 saturated carbocycles. The summed E-state index contributed by atoms with van der Waals surface area (Å²) in [5, 5.41) is 0. The first-order valence-corrected chi connectivity index (χ1v) is 12.6. The summed E-state index contributed by atoms with van der Waals surface area (Å²) in [6.07, 6.45) is 0. The molecule has 0 atom stereocenters. The zero-order chi connectivity index (χ0) is 21.6. The SMILES string of the molecule is COc1cc2c(c(O[Si](C(C)C)(C(C)C)C(C)C)c1C1=NC(C)(C)CO1)OCO2. The van der Waals surface area contributed by atoms with E-state index in [-0.39, 0.29) is 12.3 Å². The second-order valence-corrected chi connectivity index (χ2v) is 14.8. The zero-order valence-electron chi connectivity index (χ0n) is 19.2. The number of benzene rings is 1.